The molecule has 1 amide bonds. The van der Waals surface area contributed by atoms with E-state index >= 15 is 0 Å². The van der Waals surface area contributed by atoms with E-state index in [1.54, 1.807) is 13.2 Å². The highest BCUT2D eigenvalue weighted by molar-refractivity contribution is 6.51. The second kappa shape index (κ2) is 9.30. The molecular weight excluding hydrogens is 450 g/mol. The van der Waals surface area contributed by atoms with Crippen molar-refractivity contribution in [3.8, 4) is 5.75 Å². The number of amides is 1. The first-order valence-electron chi connectivity index (χ1n) is 12.1. The summed E-state index contributed by atoms with van der Waals surface area (Å²) in [7, 11) is 1.57. The van der Waals surface area contributed by atoms with Crippen molar-refractivity contribution < 1.29 is 19.4 Å². The number of aliphatic hydroxyl groups excluding tert-OH is 1. The maximum absolute atomic E-state index is 13.6. The minimum atomic E-state index is -0.807. The molecule has 1 N–H and O–H groups in total. The van der Waals surface area contributed by atoms with Crippen LogP contribution in [0.4, 0.5) is 5.69 Å². The van der Waals surface area contributed by atoms with E-state index in [-0.39, 0.29) is 16.7 Å². The number of ketones is 1. The molecule has 5 nitrogen and oxygen atoms in total. The highest BCUT2D eigenvalue weighted by Crippen LogP contribution is 2.44. The van der Waals surface area contributed by atoms with Gasteiger partial charge in [0.15, 0.2) is 0 Å². The molecular formula is C31H33NO4. The third kappa shape index (κ3) is 4.41. The van der Waals surface area contributed by atoms with Crippen LogP contribution in [0.5, 0.6) is 5.75 Å². The van der Waals surface area contributed by atoms with E-state index < -0.39 is 17.7 Å². The first kappa shape index (κ1) is 25.2. The average molecular weight is 484 g/mol. The number of methoxy groups -OCH3 is 1. The summed E-state index contributed by atoms with van der Waals surface area (Å²) in [5, 5.41) is 11.7. The van der Waals surface area contributed by atoms with E-state index in [1.807, 2.05) is 75.4 Å². The van der Waals surface area contributed by atoms with Crippen LogP contribution in [0.2, 0.25) is 0 Å². The smallest absolute Gasteiger partial charge is 0.300 e. The zero-order chi connectivity index (χ0) is 26.4. The molecule has 186 valence electrons. The summed E-state index contributed by atoms with van der Waals surface area (Å²) in [6, 6.07) is 18.2. The van der Waals surface area contributed by atoms with Crippen molar-refractivity contribution >= 4 is 23.1 Å². The summed E-state index contributed by atoms with van der Waals surface area (Å²) < 4.78 is 5.44. The Morgan fingerprint density at radius 3 is 2.28 bits per heavy atom. The Bertz CT molecular complexity index is 1390. The fourth-order valence-corrected chi connectivity index (χ4v) is 4.68. The standard InChI is InChI=1S/C31H33NO4/c1-18-11-12-20(3)25(15-18)32-27(21-9-8-10-23(16-21)36-7)26(29(34)30(32)35)28(33)24-17-22(31(4,5)6)14-13-19(24)2/h8-17,27,33H,1-7H3/b28-26+. The van der Waals surface area contributed by atoms with Crippen molar-refractivity contribution in [2.75, 3.05) is 12.0 Å². The zero-order valence-corrected chi connectivity index (χ0v) is 22.0. The molecule has 0 bridgehead atoms. The Kier molecular flexibility index (Phi) is 6.52. The molecule has 0 aliphatic carbocycles. The molecule has 5 heteroatoms. The summed E-state index contributed by atoms with van der Waals surface area (Å²) >= 11 is 0. The molecule has 1 fully saturated rings. The van der Waals surface area contributed by atoms with Crippen LogP contribution in [0.15, 0.2) is 66.2 Å². The Balaban J connectivity index is 2.02. The third-order valence-electron chi connectivity index (χ3n) is 6.84. The van der Waals surface area contributed by atoms with Crippen LogP contribution in [0.3, 0.4) is 0 Å². The predicted octanol–water partition coefficient (Wildman–Crippen LogP) is 6.54. The van der Waals surface area contributed by atoms with Gasteiger partial charge in [0.2, 0.25) is 0 Å². The SMILES string of the molecule is COc1cccc(C2/C(=C(\O)c3cc(C(C)(C)C)ccc3C)C(=O)C(=O)N2c2cc(C)ccc2C)c1. The molecule has 0 spiro atoms. The number of carbonyl (C=O) groups is 2. The number of anilines is 1. The molecule has 1 unspecified atom stereocenters. The molecule has 36 heavy (non-hydrogen) atoms. The van der Waals surface area contributed by atoms with Crippen molar-refractivity contribution in [3.63, 3.8) is 0 Å². The number of ether oxygens (including phenoxy) is 1. The van der Waals surface area contributed by atoms with Crippen LogP contribution in [-0.4, -0.2) is 23.9 Å². The Morgan fingerprint density at radius 1 is 0.917 bits per heavy atom. The minimum absolute atomic E-state index is 0.0725. The maximum atomic E-state index is 13.6. The van der Waals surface area contributed by atoms with Gasteiger partial charge in [-0.3, -0.25) is 14.5 Å². The van der Waals surface area contributed by atoms with Crippen molar-refractivity contribution in [1.82, 2.24) is 0 Å². The van der Waals surface area contributed by atoms with E-state index in [0.717, 1.165) is 22.3 Å². The van der Waals surface area contributed by atoms with Crippen LogP contribution in [0.25, 0.3) is 5.76 Å². The molecule has 0 saturated carbocycles. The number of benzene rings is 3. The first-order valence-corrected chi connectivity index (χ1v) is 12.1. The topological polar surface area (TPSA) is 66.8 Å². The van der Waals surface area contributed by atoms with Crippen LogP contribution in [0, 0.1) is 20.8 Å². The van der Waals surface area contributed by atoms with Crippen molar-refractivity contribution in [2.24, 2.45) is 0 Å². The van der Waals surface area contributed by atoms with Gasteiger partial charge in [0.1, 0.15) is 11.5 Å². The fraction of sp³-hybridized carbons (Fsp3) is 0.290. The average Bonchev–Trinajstić information content (AvgIpc) is 3.10. The highest BCUT2D eigenvalue weighted by atomic mass is 16.5. The summed E-state index contributed by atoms with van der Waals surface area (Å²) in [5.41, 5.74) is 5.47. The quantitative estimate of drug-likeness (QED) is 0.260. The lowest BCUT2D eigenvalue weighted by Crippen LogP contribution is -2.30. The van der Waals surface area contributed by atoms with Gasteiger partial charge in [-0.1, -0.05) is 57.2 Å². The molecule has 1 atom stereocenters. The van der Waals surface area contributed by atoms with Gasteiger partial charge in [0, 0.05) is 11.3 Å². The third-order valence-corrected chi connectivity index (χ3v) is 6.84. The van der Waals surface area contributed by atoms with Gasteiger partial charge >= 0.3 is 0 Å². The lowest BCUT2D eigenvalue weighted by molar-refractivity contribution is -0.132. The van der Waals surface area contributed by atoms with E-state index in [4.69, 9.17) is 4.74 Å². The van der Waals surface area contributed by atoms with Crippen LogP contribution >= 0.6 is 0 Å². The molecule has 0 aromatic heterocycles. The Labute approximate surface area is 213 Å². The molecule has 1 heterocycles. The number of Topliss-reactive ketones (excluding diaryl/α,β-unsaturated/α-hetero) is 1. The maximum Gasteiger partial charge on any atom is 0.300 e. The number of carbonyl (C=O) groups excluding carboxylic acids is 2. The molecule has 0 radical (unpaired) electrons. The number of hydrogen-bond donors (Lipinski definition) is 1. The van der Waals surface area contributed by atoms with Gasteiger partial charge in [-0.25, -0.2) is 0 Å². The van der Waals surface area contributed by atoms with Gasteiger partial charge in [-0.15, -0.1) is 0 Å². The number of hydrogen-bond acceptors (Lipinski definition) is 4. The van der Waals surface area contributed by atoms with Crippen molar-refractivity contribution in [2.45, 2.75) is 53.0 Å². The van der Waals surface area contributed by atoms with Gasteiger partial charge in [-0.05, 0) is 78.3 Å². The van der Waals surface area contributed by atoms with Gasteiger partial charge < -0.3 is 9.84 Å². The van der Waals surface area contributed by atoms with Crippen LogP contribution in [0.1, 0.15) is 60.2 Å². The fourth-order valence-electron chi connectivity index (χ4n) is 4.68. The number of nitrogens with zero attached hydrogens (tertiary/aromatic N) is 1. The van der Waals surface area contributed by atoms with E-state index in [1.165, 1.54) is 4.90 Å². The second-order valence-corrected chi connectivity index (χ2v) is 10.5. The van der Waals surface area contributed by atoms with Gasteiger partial charge in [0.25, 0.3) is 11.7 Å². The number of aryl methyl sites for hydroxylation is 3. The molecule has 1 aliphatic rings. The van der Waals surface area contributed by atoms with Crippen molar-refractivity contribution in [1.29, 1.82) is 0 Å². The first-order chi connectivity index (χ1) is 16.9. The number of aliphatic hydroxyl groups is 1. The Hall–Kier alpha value is -3.86. The second-order valence-electron chi connectivity index (χ2n) is 10.5. The molecule has 3 aromatic rings. The lowest BCUT2D eigenvalue weighted by atomic mass is 9.84. The van der Waals surface area contributed by atoms with Crippen LogP contribution < -0.4 is 9.64 Å². The van der Waals surface area contributed by atoms with Gasteiger partial charge in [0.05, 0.1) is 18.7 Å². The van der Waals surface area contributed by atoms with E-state index in [2.05, 4.69) is 20.8 Å². The normalized spacial score (nSPS) is 17.5. The molecule has 1 saturated heterocycles. The molecule has 4 rings (SSSR count). The monoisotopic (exact) mass is 483 g/mol. The minimum Gasteiger partial charge on any atom is -0.507 e. The van der Waals surface area contributed by atoms with Crippen molar-refractivity contribution in [3.05, 3.63) is 99.6 Å². The van der Waals surface area contributed by atoms with Crippen LogP contribution in [-0.2, 0) is 15.0 Å². The summed E-state index contributed by atoms with van der Waals surface area (Å²) in [6.07, 6.45) is 0. The molecule has 3 aromatic carbocycles. The zero-order valence-electron chi connectivity index (χ0n) is 22.0. The van der Waals surface area contributed by atoms with E-state index in [9.17, 15) is 14.7 Å². The lowest BCUT2D eigenvalue weighted by Gasteiger charge is -2.27. The largest absolute Gasteiger partial charge is 0.507 e. The highest BCUT2D eigenvalue weighted by Gasteiger charge is 2.47. The predicted molar refractivity (Wildman–Crippen MR) is 144 cm³/mol. The number of rotatable bonds is 4. The molecule has 1 aliphatic heterocycles. The van der Waals surface area contributed by atoms with E-state index in [0.29, 0.717) is 22.6 Å². The summed E-state index contributed by atoms with van der Waals surface area (Å²) in [6.45, 7) is 12.0. The summed E-state index contributed by atoms with van der Waals surface area (Å²) in [5.74, 6) is -0.938. The Morgan fingerprint density at radius 2 is 1.61 bits per heavy atom. The van der Waals surface area contributed by atoms with Gasteiger partial charge in [-0.2, -0.15) is 0 Å². The summed E-state index contributed by atoms with van der Waals surface area (Å²) in [4.78, 5) is 28.7.